The van der Waals surface area contributed by atoms with E-state index in [1.165, 1.54) is 0 Å². The van der Waals surface area contributed by atoms with Crippen molar-refractivity contribution in [2.45, 2.75) is 25.4 Å². The highest BCUT2D eigenvalue weighted by Gasteiger charge is 2.30. The van der Waals surface area contributed by atoms with Crippen molar-refractivity contribution in [1.82, 2.24) is 9.80 Å². The lowest BCUT2D eigenvalue weighted by molar-refractivity contribution is -0.142. The number of piperazine rings is 1. The molecule has 2 fully saturated rings. The van der Waals surface area contributed by atoms with E-state index in [0.717, 1.165) is 25.9 Å². The molecule has 1 aromatic carbocycles. The Morgan fingerprint density at radius 2 is 1.81 bits per heavy atom. The van der Waals surface area contributed by atoms with Crippen molar-refractivity contribution in [2.75, 3.05) is 44.6 Å². The molecule has 0 aromatic heterocycles. The minimum absolute atomic E-state index is 0.0836. The number of hydrogen-bond donors (Lipinski definition) is 2. The minimum Gasteiger partial charge on any atom is -0.368 e. The van der Waals surface area contributed by atoms with Crippen LogP contribution in [0.3, 0.4) is 0 Å². The lowest BCUT2D eigenvalue weighted by atomic mass is 10.2. The number of carbonyl (C=O) groups is 3. The van der Waals surface area contributed by atoms with Crippen LogP contribution in [0.25, 0.3) is 0 Å². The van der Waals surface area contributed by atoms with Gasteiger partial charge in [0.1, 0.15) is 6.10 Å². The molecule has 146 valence electrons. The van der Waals surface area contributed by atoms with Crippen LogP contribution in [-0.2, 0) is 14.3 Å². The molecule has 8 nitrogen and oxygen atoms in total. The third kappa shape index (κ3) is 5.27. The van der Waals surface area contributed by atoms with Gasteiger partial charge in [0.15, 0.2) is 0 Å². The maximum atomic E-state index is 12.3. The first-order valence-electron chi connectivity index (χ1n) is 9.35. The van der Waals surface area contributed by atoms with Gasteiger partial charge in [0.05, 0.1) is 0 Å². The molecular weight excluding hydrogens is 348 g/mol. The lowest BCUT2D eigenvalue weighted by Gasteiger charge is -2.35. The van der Waals surface area contributed by atoms with Crippen LogP contribution in [0.15, 0.2) is 24.3 Å². The quantitative estimate of drug-likeness (QED) is 0.752. The summed E-state index contributed by atoms with van der Waals surface area (Å²) in [7, 11) is 0. The number of rotatable bonds is 6. The summed E-state index contributed by atoms with van der Waals surface area (Å²) in [6.45, 7) is 4.20. The largest absolute Gasteiger partial charge is 0.368 e. The van der Waals surface area contributed by atoms with Crippen molar-refractivity contribution in [3.8, 4) is 0 Å². The standard InChI is InChI=1S/C19H26N4O4/c20-18(25)14-3-5-15(6-4-14)21-17(24)7-8-22-9-11-23(12-10-22)19(26)16-2-1-13-27-16/h3-6,16H,1-2,7-13H2,(H2,20,25)(H,21,24). The molecule has 27 heavy (non-hydrogen) atoms. The third-order valence-electron chi connectivity index (χ3n) is 5.00. The van der Waals surface area contributed by atoms with Gasteiger partial charge in [0.2, 0.25) is 11.8 Å². The zero-order chi connectivity index (χ0) is 19.2. The van der Waals surface area contributed by atoms with Crippen LogP contribution in [0.5, 0.6) is 0 Å². The summed E-state index contributed by atoms with van der Waals surface area (Å²) in [5.41, 5.74) is 6.24. The zero-order valence-corrected chi connectivity index (χ0v) is 15.4. The molecule has 1 unspecified atom stereocenters. The number of hydrogen-bond acceptors (Lipinski definition) is 5. The van der Waals surface area contributed by atoms with Gasteiger partial charge in [-0.2, -0.15) is 0 Å². The van der Waals surface area contributed by atoms with Gasteiger partial charge in [-0.3, -0.25) is 19.3 Å². The molecule has 3 amide bonds. The summed E-state index contributed by atoms with van der Waals surface area (Å²) in [6.07, 6.45) is 1.89. The van der Waals surface area contributed by atoms with Crippen molar-refractivity contribution < 1.29 is 19.1 Å². The maximum Gasteiger partial charge on any atom is 0.251 e. The Hall–Kier alpha value is -2.45. The molecular formula is C19H26N4O4. The second-order valence-corrected chi connectivity index (χ2v) is 6.91. The molecule has 0 bridgehead atoms. The highest BCUT2D eigenvalue weighted by Crippen LogP contribution is 2.16. The Balaban J connectivity index is 1.37. The molecule has 0 radical (unpaired) electrons. The summed E-state index contributed by atoms with van der Waals surface area (Å²) >= 11 is 0. The van der Waals surface area contributed by atoms with E-state index >= 15 is 0 Å². The summed E-state index contributed by atoms with van der Waals surface area (Å²) in [5, 5.41) is 2.81. The van der Waals surface area contributed by atoms with E-state index in [-0.39, 0.29) is 17.9 Å². The van der Waals surface area contributed by atoms with E-state index in [1.54, 1.807) is 24.3 Å². The first kappa shape index (κ1) is 19.3. The number of nitrogens with one attached hydrogen (secondary N) is 1. The number of benzene rings is 1. The zero-order valence-electron chi connectivity index (χ0n) is 15.4. The number of primary amides is 1. The predicted octanol–water partition coefficient (Wildman–Crippen LogP) is 0.437. The number of nitrogens with zero attached hydrogens (tertiary/aromatic N) is 2. The maximum absolute atomic E-state index is 12.3. The van der Waals surface area contributed by atoms with Crippen molar-refractivity contribution in [3.05, 3.63) is 29.8 Å². The molecule has 0 saturated carbocycles. The van der Waals surface area contributed by atoms with Crippen LogP contribution in [0.4, 0.5) is 5.69 Å². The van der Waals surface area contributed by atoms with Crippen LogP contribution in [0, 0.1) is 0 Å². The van der Waals surface area contributed by atoms with Crippen molar-refractivity contribution in [2.24, 2.45) is 5.73 Å². The summed E-state index contributed by atoms with van der Waals surface area (Å²) in [6, 6.07) is 6.49. The Bertz CT molecular complexity index is 677. The van der Waals surface area contributed by atoms with Gasteiger partial charge in [-0.15, -0.1) is 0 Å². The summed E-state index contributed by atoms with van der Waals surface area (Å²) < 4.78 is 5.47. The fraction of sp³-hybridized carbons (Fsp3) is 0.526. The topological polar surface area (TPSA) is 105 Å². The molecule has 1 aromatic rings. The smallest absolute Gasteiger partial charge is 0.251 e. The van der Waals surface area contributed by atoms with E-state index in [1.807, 2.05) is 4.90 Å². The number of carbonyl (C=O) groups excluding carboxylic acids is 3. The van der Waals surface area contributed by atoms with Crippen LogP contribution in [0.2, 0.25) is 0 Å². The molecule has 3 rings (SSSR count). The van der Waals surface area contributed by atoms with Crippen LogP contribution in [0.1, 0.15) is 29.6 Å². The fourth-order valence-corrected chi connectivity index (χ4v) is 3.37. The van der Waals surface area contributed by atoms with E-state index < -0.39 is 5.91 Å². The Labute approximate surface area is 158 Å². The van der Waals surface area contributed by atoms with Crippen molar-refractivity contribution >= 4 is 23.4 Å². The summed E-state index contributed by atoms with van der Waals surface area (Å²) in [5.74, 6) is -0.478. The van der Waals surface area contributed by atoms with Gasteiger partial charge in [0, 0.05) is 57.0 Å². The predicted molar refractivity (Wildman–Crippen MR) is 100 cm³/mol. The molecule has 8 heteroatoms. The van der Waals surface area contributed by atoms with Gasteiger partial charge in [-0.1, -0.05) is 0 Å². The SMILES string of the molecule is NC(=O)c1ccc(NC(=O)CCN2CCN(C(=O)C3CCCO3)CC2)cc1. The second-order valence-electron chi connectivity index (χ2n) is 6.91. The number of ether oxygens (including phenoxy) is 1. The molecule has 2 saturated heterocycles. The molecule has 2 aliphatic heterocycles. The molecule has 2 heterocycles. The Kier molecular flexibility index (Phi) is 6.41. The molecule has 2 aliphatic rings. The normalized spacial score (nSPS) is 20.4. The molecule has 0 aliphatic carbocycles. The average Bonchev–Trinajstić information content (AvgIpc) is 3.21. The first-order chi connectivity index (χ1) is 13.0. The van der Waals surface area contributed by atoms with Gasteiger partial charge in [0.25, 0.3) is 5.91 Å². The summed E-state index contributed by atoms with van der Waals surface area (Å²) in [4.78, 5) is 39.5. The monoisotopic (exact) mass is 374 g/mol. The number of nitrogens with two attached hydrogens (primary N) is 1. The highest BCUT2D eigenvalue weighted by molar-refractivity contribution is 5.94. The average molecular weight is 374 g/mol. The fourth-order valence-electron chi connectivity index (χ4n) is 3.37. The van der Waals surface area contributed by atoms with Crippen molar-refractivity contribution in [3.63, 3.8) is 0 Å². The van der Waals surface area contributed by atoms with Crippen LogP contribution in [-0.4, -0.2) is 73.0 Å². The Morgan fingerprint density at radius 1 is 1.11 bits per heavy atom. The first-order valence-corrected chi connectivity index (χ1v) is 9.35. The van der Waals surface area contributed by atoms with E-state index in [2.05, 4.69) is 10.2 Å². The van der Waals surface area contributed by atoms with Crippen LogP contribution >= 0.6 is 0 Å². The van der Waals surface area contributed by atoms with Crippen LogP contribution < -0.4 is 11.1 Å². The second kappa shape index (κ2) is 8.96. The van der Waals surface area contributed by atoms with E-state index in [9.17, 15) is 14.4 Å². The van der Waals surface area contributed by atoms with E-state index in [0.29, 0.717) is 43.9 Å². The molecule has 3 N–H and O–H groups in total. The van der Waals surface area contributed by atoms with Crippen molar-refractivity contribution in [1.29, 1.82) is 0 Å². The number of amides is 3. The Morgan fingerprint density at radius 3 is 2.41 bits per heavy atom. The van der Waals surface area contributed by atoms with E-state index in [4.69, 9.17) is 10.5 Å². The minimum atomic E-state index is -0.495. The molecule has 1 atom stereocenters. The highest BCUT2D eigenvalue weighted by atomic mass is 16.5. The van der Waals surface area contributed by atoms with Gasteiger partial charge >= 0.3 is 0 Å². The third-order valence-corrected chi connectivity index (χ3v) is 5.00. The lowest BCUT2D eigenvalue weighted by Crippen LogP contribution is -2.51. The number of anilines is 1. The van der Waals surface area contributed by atoms with Gasteiger partial charge in [-0.05, 0) is 37.1 Å². The van der Waals surface area contributed by atoms with Gasteiger partial charge in [-0.25, -0.2) is 0 Å². The van der Waals surface area contributed by atoms with Gasteiger partial charge < -0.3 is 20.7 Å². The molecule has 0 spiro atoms.